The van der Waals surface area contributed by atoms with Gasteiger partial charge in [0, 0.05) is 32.4 Å². The number of anilines is 1. The van der Waals surface area contributed by atoms with Gasteiger partial charge in [0.1, 0.15) is 0 Å². The Hall–Kier alpha value is -2.77. The summed E-state index contributed by atoms with van der Waals surface area (Å²) in [6, 6.07) is 14.0. The number of hydrogen-bond donors (Lipinski definition) is 1. The predicted molar refractivity (Wildman–Crippen MR) is 107 cm³/mol. The van der Waals surface area contributed by atoms with Crippen LogP contribution < -0.4 is 5.43 Å². The third kappa shape index (κ3) is 4.15. The molecule has 0 amide bonds. The number of nitrogens with one attached hydrogen (secondary N) is 1. The molecule has 0 atom stereocenters. The standard InChI is InChI=1S/C20H24N6O/c1-16(17-6-4-5-9-21-17)23-24-20-22-18-7-2-3-8-19(18)26(20)11-10-25-12-14-27-15-13-25/h2-9H,10-15H2,1H3,(H,22,24). The number of morpholine rings is 1. The van der Waals surface area contributed by atoms with Gasteiger partial charge in [0.25, 0.3) is 0 Å². The first-order valence-corrected chi connectivity index (χ1v) is 9.28. The normalized spacial score (nSPS) is 16.0. The molecule has 0 radical (unpaired) electrons. The number of nitrogens with zero attached hydrogens (tertiary/aromatic N) is 5. The lowest BCUT2D eigenvalue weighted by atomic mass is 10.3. The van der Waals surface area contributed by atoms with Crippen LogP contribution in [0.4, 0.5) is 5.95 Å². The molecule has 0 unspecified atom stereocenters. The van der Waals surface area contributed by atoms with Crippen molar-refractivity contribution >= 4 is 22.7 Å². The summed E-state index contributed by atoms with van der Waals surface area (Å²) in [6.45, 7) is 7.32. The summed E-state index contributed by atoms with van der Waals surface area (Å²) < 4.78 is 7.64. The largest absolute Gasteiger partial charge is 0.379 e. The van der Waals surface area contributed by atoms with Crippen LogP contribution in [0.5, 0.6) is 0 Å². The fourth-order valence-corrected chi connectivity index (χ4v) is 3.22. The molecule has 1 N–H and O–H groups in total. The predicted octanol–water partition coefficient (Wildman–Crippen LogP) is 2.60. The van der Waals surface area contributed by atoms with Crippen molar-refractivity contribution in [2.75, 3.05) is 38.3 Å². The Kier molecular flexibility index (Phi) is 5.41. The van der Waals surface area contributed by atoms with Gasteiger partial charge in [-0.2, -0.15) is 5.10 Å². The zero-order valence-electron chi connectivity index (χ0n) is 15.5. The van der Waals surface area contributed by atoms with Crippen LogP contribution in [0, 0.1) is 0 Å². The van der Waals surface area contributed by atoms with E-state index < -0.39 is 0 Å². The van der Waals surface area contributed by atoms with Crippen LogP contribution in [0.1, 0.15) is 12.6 Å². The smallest absolute Gasteiger partial charge is 0.224 e. The highest BCUT2D eigenvalue weighted by molar-refractivity contribution is 5.97. The van der Waals surface area contributed by atoms with E-state index in [1.54, 1.807) is 6.20 Å². The Labute approximate surface area is 158 Å². The maximum Gasteiger partial charge on any atom is 0.224 e. The quantitative estimate of drug-likeness (QED) is 0.538. The second kappa shape index (κ2) is 8.28. The van der Waals surface area contributed by atoms with Crippen LogP contribution in [0.25, 0.3) is 11.0 Å². The third-order valence-corrected chi connectivity index (χ3v) is 4.76. The molecule has 140 valence electrons. The van der Waals surface area contributed by atoms with Crippen molar-refractivity contribution < 1.29 is 4.74 Å². The van der Waals surface area contributed by atoms with Gasteiger partial charge in [0.2, 0.25) is 5.95 Å². The number of para-hydroxylation sites is 2. The molecular weight excluding hydrogens is 340 g/mol. The van der Waals surface area contributed by atoms with Crippen LogP contribution >= 0.6 is 0 Å². The van der Waals surface area contributed by atoms with E-state index in [4.69, 9.17) is 9.72 Å². The Morgan fingerprint density at radius 3 is 2.74 bits per heavy atom. The number of imidazole rings is 1. The SMILES string of the molecule is CC(=NNc1nc2ccccc2n1CCN1CCOCC1)c1ccccn1. The van der Waals surface area contributed by atoms with Crippen LogP contribution in [0.15, 0.2) is 53.8 Å². The molecule has 4 rings (SSSR count). The number of rotatable bonds is 6. The third-order valence-electron chi connectivity index (χ3n) is 4.76. The molecule has 0 saturated carbocycles. The average Bonchev–Trinajstić information content (AvgIpc) is 3.09. The van der Waals surface area contributed by atoms with E-state index in [0.717, 1.165) is 67.8 Å². The van der Waals surface area contributed by atoms with Gasteiger partial charge in [-0.15, -0.1) is 0 Å². The Balaban J connectivity index is 1.56. The highest BCUT2D eigenvalue weighted by Crippen LogP contribution is 2.20. The first-order chi connectivity index (χ1) is 13.3. The van der Waals surface area contributed by atoms with E-state index in [-0.39, 0.29) is 0 Å². The Morgan fingerprint density at radius 2 is 1.93 bits per heavy atom. The van der Waals surface area contributed by atoms with E-state index in [9.17, 15) is 0 Å². The van der Waals surface area contributed by atoms with Gasteiger partial charge in [-0.3, -0.25) is 9.88 Å². The second-order valence-corrected chi connectivity index (χ2v) is 6.55. The van der Waals surface area contributed by atoms with Crippen molar-refractivity contribution in [1.29, 1.82) is 0 Å². The molecule has 7 nitrogen and oxygen atoms in total. The molecule has 1 aliphatic heterocycles. The molecule has 0 bridgehead atoms. The maximum absolute atomic E-state index is 5.44. The van der Waals surface area contributed by atoms with Gasteiger partial charge in [0.05, 0.1) is 35.7 Å². The molecule has 2 aromatic heterocycles. The fourth-order valence-electron chi connectivity index (χ4n) is 3.22. The van der Waals surface area contributed by atoms with E-state index in [2.05, 4.69) is 31.0 Å². The summed E-state index contributed by atoms with van der Waals surface area (Å²) in [7, 11) is 0. The summed E-state index contributed by atoms with van der Waals surface area (Å²) in [6.07, 6.45) is 1.77. The Bertz CT molecular complexity index is 915. The second-order valence-electron chi connectivity index (χ2n) is 6.55. The molecule has 7 heteroatoms. The van der Waals surface area contributed by atoms with Gasteiger partial charge in [0.15, 0.2) is 0 Å². The lowest BCUT2D eigenvalue weighted by Crippen LogP contribution is -2.38. The van der Waals surface area contributed by atoms with Gasteiger partial charge in [-0.05, 0) is 31.2 Å². The maximum atomic E-state index is 5.44. The molecule has 3 aromatic rings. The van der Waals surface area contributed by atoms with Crippen molar-refractivity contribution in [1.82, 2.24) is 19.4 Å². The van der Waals surface area contributed by atoms with Gasteiger partial charge >= 0.3 is 0 Å². The summed E-state index contributed by atoms with van der Waals surface area (Å²) in [4.78, 5) is 11.5. The van der Waals surface area contributed by atoms with Crippen molar-refractivity contribution in [3.8, 4) is 0 Å². The number of hydrogen-bond acceptors (Lipinski definition) is 6. The average molecular weight is 364 g/mol. The van der Waals surface area contributed by atoms with Crippen LogP contribution in [-0.4, -0.2) is 58.0 Å². The molecule has 3 heterocycles. The minimum atomic E-state index is 0.750. The lowest BCUT2D eigenvalue weighted by Gasteiger charge is -2.26. The first kappa shape index (κ1) is 17.6. The number of aromatic nitrogens is 3. The fraction of sp³-hybridized carbons (Fsp3) is 0.350. The van der Waals surface area contributed by atoms with E-state index in [0.29, 0.717) is 0 Å². The molecule has 1 aromatic carbocycles. The number of ether oxygens (including phenoxy) is 1. The molecule has 0 spiro atoms. The van der Waals surface area contributed by atoms with Crippen molar-refractivity contribution in [3.63, 3.8) is 0 Å². The minimum Gasteiger partial charge on any atom is -0.379 e. The summed E-state index contributed by atoms with van der Waals surface area (Å²) in [5.41, 5.74) is 6.89. The number of fused-ring (bicyclic) bond motifs is 1. The zero-order valence-corrected chi connectivity index (χ0v) is 15.5. The summed E-state index contributed by atoms with van der Waals surface area (Å²) >= 11 is 0. The van der Waals surface area contributed by atoms with E-state index >= 15 is 0 Å². The van der Waals surface area contributed by atoms with Crippen LogP contribution in [0.2, 0.25) is 0 Å². The molecule has 27 heavy (non-hydrogen) atoms. The minimum absolute atomic E-state index is 0.750. The van der Waals surface area contributed by atoms with Crippen molar-refractivity contribution in [3.05, 3.63) is 54.4 Å². The number of benzene rings is 1. The summed E-state index contributed by atoms with van der Waals surface area (Å²) in [5.74, 6) is 0.750. The zero-order chi connectivity index (χ0) is 18.5. The first-order valence-electron chi connectivity index (χ1n) is 9.28. The van der Waals surface area contributed by atoms with Crippen molar-refractivity contribution in [2.24, 2.45) is 5.10 Å². The topological polar surface area (TPSA) is 67.6 Å². The Morgan fingerprint density at radius 1 is 1.11 bits per heavy atom. The van der Waals surface area contributed by atoms with Gasteiger partial charge in [-0.1, -0.05) is 18.2 Å². The molecule has 1 saturated heterocycles. The number of pyridine rings is 1. The molecule has 1 fully saturated rings. The molecular formula is C20H24N6O. The monoisotopic (exact) mass is 364 g/mol. The van der Waals surface area contributed by atoms with Gasteiger partial charge < -0.3 is 9.30 Å². The summed E-state index contributed by atoms with van der Waals surface area (Å²) in [5, 5.41) is 4.50. The van der Waals surface area contributed by atoms with E-state index in [1.807, 2.05) is 43.3 Å². The lowest BCUT2D eigenvalue weighted by molar-refractivity contribution is 0.0366. The van der Waals surface area contributed by atoms with E-state index in [1.165, 1.54) is 0 Å². The van der Waals surface area contributed by atoms with Gasteiger partial charge in [-0.25, -0.2) is 10.4 Å². The van der Waals surface area contributed by atoms with Crippen LogP contribution in [-0.2, 0) is 11.3 Å². The van der Waals surface area contributed by atoms with Crippen molar-refractivity contribution in [2.45, 2.75) is 13.5 Å². The highest BCUT2D eigenvalue weighted by Gasteiger charge is 2.14. The number of hydrazone groups is 1. The highest BCUT2D eigenvalue weighted by atomic mass is 16.5. The van der Waals surface area contributed by atoms with Crippen LogP contribution in [0.3, 0.4) is 0 Å². The molecule has 1 aliphatic rings. The molecule has 0 aliphatic carbocycles.